The normalized spacial score (nSPS) is 14.5. The van der Waals surface area contributed by atoms with E-state index < -0.39 is 16.9 Å². The molecule has 0 spiro atoms. The summed E-state index contributed by atoms with van der Waals surface area (Å²) in [6, 6.07) is 19.6. The van der Waals surface area contributed by atoms with Gasteiger partial charge in [-0.2, -0.15) is 0 Å². The summed E-state index contributed by atoms with van der Waals surface area (Å²) >= 11 is 5.89. The van der Waals surface area contributed by atoms with Gasteiger partial charge in [-0.1, -0.05) is 54.1 Å². The summed E-state index contributed by atoms with van der Waals surface area (Å²) in [4.78, 5) is 36.8. The van der Waals surface area contributed by atoms with E-state index in [2.05, 4.69) is 5.32 Å². The molecule has 0 radical (unpaired) electrons. The molecule has 0 unspecified atom stereocenters. The van der Waals surface area contributed by atoms with Gasteiger partial charge in [0.15, 0.2) is 0 Å². The number of para-hydroxylation sites is 1. The number of nitrogens with zero attached hydrogens (tertiary/aromatic N) is 2. The molecule has 166 valence electrons. The second-order valence-electron chi connectivity index (χ2n) is 7.26. The predicted octanol–water partition coefficient (Wildman–Crippen LogP) is 4.92. The fourth-order valence-corrected chi connectivity index (χ4v) is 3.42. The van der Waals surface area contributed by atoms with Crippen molar-refractivity contribution in [3.63, 3.8) is 0 Å². The largest absolute Gasteiger partial charge is 0.488 e. The lowest BCUT2D eigenvalue weighted by Crippen LogP contribution is -2.30. The number of hydrogen-bond acceptors (Lipinski definition) is 5. The topological polar surface area (TPSA) is 102 Å². The minimum atomic E-state index is -0.517. The number of halogens is 1. The summed E-state index contributed by atoms with van der Waals surface area (Å²) < 4.78 is 5.85. The van der Waals surface area contributed by atoms with E-state index in [-0.39, 0.29) is 24.5 Å². The number of amides is 3. The lowest BCUT2D eigenvalue weighted by atomic mass is 10.1. The molecule has 33 heavy (non-hydrogen) atoms. The molecule has 1 fully saturated rings. The third kappa shape index (κ3) is 5.19. The maximum Gasteiger partial charge on any atom is 0.329 e. The van der Waals surface area contributed by atoms with Gasteiger partial charge in [-0.05, 0) is 35.4 Å². The maximum absolute atomic E-state index is 12.8. The maximum atomic E-state index is 12.8. The Balaban J connectivity index is 1.50. The average molecular weight is 464 g/mol. The molecule has 8 nitrogen and oxygen atoms in total. The fourth-order valence-electron chi connectivity index (χ4n) is 3.30. The molecule has 3 aromatic carbocycles. The molecule has 0 bridgehead atoms. The summed E-state index contributed by atoms with van der Waals surface area (Å²) in [6.07, 6.45) is 1.55. The summed E-state index contributed by atoms with van der Waals surface area (Å²) in [5.74, 6) is 0.0122. The quantitative estimate of drug-likeness (QED) is 0.232. The van der Waals surface area contributed by atoms with E-state index >= 15 is 0 Å². The SMILES string of the molecule is O=C1N/C(=C\c2ccccc2OCc2cccc([N+](=O)[O-])c2)C(=O)N1Cc1ccc(Cl)cc1. The zero-order chi connectivity index (χ0) is 23.4. The molecular formula is C24H18ClN3O5. The van der Waals surface area contributed by atoms with E-state index in [9.17, 15) is 19.7 Å². The van der Waals surface area contributed by atoms with Crippen LogP contribution in [-0.4, -0.2) is 21.8 Å². The van der Waals surface area contributed by atoms with Crippen molar-refractivity contribution in [2.45, 2.75) is 13.2 Å². The summed E-state index contributed by atoms with van der Waals surface area (Å²) in [7, 11) is 0. The van der Waals surface area contributed by atoms with Gasteiger partial charge in [0.1, 0.15) is 18.1 Å². The minimum absolute atomic E-state index is 0.0217. The highest BCUT2D eigenvalue weighted by molar-refractivity contribution is 6.30. The van der Waals surface area contributed by atoms with E-state index in [0.717, 1.165) is 10.5 Å². The zero-order valence-electron chi connectivity index (χ0n) is 17.2. The fraction of sp³-hybridized carbons (Fsp3) is 0.0833. The number of rotatable bonds is 7. The molecule has 1 aliphatic heterocycles. The molecule has 0 atom stereocenters. The van der Waals surface area contributed by atoms with E-state index in [1.807, 2.05) is 0 Å². The highest BCUT2D eigenvalue weighted by Crippen LogP contribution is 2.25. The van der Waals surface area contributed by atoms with Crippen LogP contribution in [0.15, 0.2) is 78.5 Å². The van der Waals surface area contributed by atoms with Crippen LogP contribution < -0.4 is 10.1 Å². The number of imide groups is 1. The first-order chi connectivity index (χ1) is 15.9. The first-order valence-corrected chi connectivity index (χ1v) is 10.3. The number of nitro benzene ring substituents is 1. The van der Waals surface area contributed by atoms with Gasteiger partial charge in [-0.25, -0.2) is 4.79 Å². The number of benzene rings is 3. The highest BCUT2D eigenvalue weighted by atomic mass is 35.5. The Kier molecular flexibility index (Phi) is 6.37. The molecule has 4 rings (SSSR count). The summed E-state index contributed by atoms with van der Waals surface area (Å²) in [5.41, 5.74) is 2.09. The van der Waals surface area contributed by atoms with Crippen LogP contribution in [0.1, 0.15) is 16.7 Å². The van der Waals surface area contributed by atoms with E-state index in [4.69, 9.17) is 16.3 Å². The van der Waals surface area contributed by atoms with Gasteiger partial charge < -0.3 is 10.1 Å². The van der Waals surface area contributed by atoms with Crippen molar-refractivity contribution in [3.8, 4) is 5.75 Å². The van der Waals surface area contributed by atoms with Crippen molar-refractivity contribution >= 4 is 35.3 Å². The number of ether oxygens (including phenoxy) is 1. The van der Waals surface area contributed by atoms with Gasteiger partial charge in [-0.15, -0.1) is 0 Å². The van der Waals surface area contributed by atoms with E-state index in [1.165, 1.54) is 12.1 Å². The number of hydrogen-bond donors (Lipinski definition) is 1. The monoisotopic (exact) mass is 463 g/mol. The Morgan fingerprint density at radius 3 is 2.52 bits per heavy atom. The van der Waals surface area contributed by atoms with Gasteiger partial charge >= 0.3 is 6.03 Å². The van der Waals surface area contributed by atoms with Crippen molar-refractivity contribution < 1.29 is 19.2 Å². The second kappa shape index (κ2) is 9.54. The van der Waals surface area contributed by atoms with Crippen LogP contribution in [0, 0.1) is 10.1 Å². The predicted molar refractivity (Wildman–Crippen MR) is 122 cm³/mol. The number of nitrogens with one attached hydrogen (secondary N) is 1. The third-order valence-corrected chi connectivity index (χ3v) is 5.20. The van der Waals surface area contributed by atoms with Crippen molar-refractivity contribution in [1.82, 2.24) is 10.2 Å². The molecule has 0 aliphatic carbocycles. The lowest BCUT2D eigenvalue weighted by molar-refractivity contribution is -0.384. The number of carbonyl (C=O) groups excluding carboxylic acids is 2. The molecule has 1 heterocycles. The zero-order valence-corrected chi connectivity index (χ0v) is 18.0. The van der Waals surface area contributed by atoms with Crippen LogP contribution in [-0.2, 0) is 17.9 Å². The lowest BCUT2D eigenvalue weighted by Gasteiger charge is -2.12. The number of non-ortho nitro benzene ring substituents is 1. The molecule has 1 aliphatic rings. The first kappa shape index (κ1) is 22.0. The molecule has 0 aromatic heterocycles. The average Bonchev–Trinajstić information content (AvgIpc) is 3.07. The summed E-state index contributed by atoms with van der Waals surface area (Å²) in [5, 5.41) is 14.1. The van der Waals surface area contributed by atoms with Gasteiger partial charge in [-0.3, -0.25) is 19.8 Å². The van der Waals surface area contributed by atoms with Crippen molar-refractivity contribution in [1.29, 1.82) is 0 Å². The molecule has 1 N–H and O–H groups in total. The molecule has 0 saturated carbocycles. The van der Waals surface area contributed by atoms with Gasteiger partial charge in [0, 0.05) is 22.7 Å². The molecule has 1 saturated heterocycles. The van der Waals surface area contributed by atoms with Crippen LogP contribution in [0.4, 0.5) is 10.5 Å². The Morgan fingerprint density at radius 2 is 1.76 bits per heavy atom. The van der Waals surface area contributed by atoms with Crippen LogP contribution in [0.25, 0.3) is 6.08 Å². The van der Waals surface area contributed by atoms with Crippen molar-refractivity contribution in [2.75, 3.05) is 0 Å². The molecule has 3 aromatic rings. The van der Waals surface area contributed by atoms with Crippen LogP contribution in [0.2, 0.25) is 5.02 Å². The first-order valence-electron chi connectivity index (χ1n) is 9.95. The van der Waals surface area contributed by atoms with Gasteiger partial charge in [0.2, 0.25) is 0 Å². The molecule has 9 heteroatoms. The highest BCUT2D eigenvalue weighted by Gasteiger charge is 2.33. The number of urea groups is 1. The number of carbonyl (C=O) groups is 2. The van der Waals surface area contributed by atoms with E-state index in [1.54, 1.807) is 66.7 Å². The van der Waals surface area contributed by atoms with Gasteiger partial charge in [0.05, 0.1) is 11.5 Å². The standard InChI is InChI=1S/C24H18ClN3O5/c25-19-10-8-16(9-11-19)14-27-23(29)21(26-24(27)30)13-18-5-1-2-7-22(18)33-15-17-4-3-6-20(12-17)28(31)32/h1-13H,14-15H2,(H,26,30)/b21-13-. The molecular weight excluding hydrogens is 446 g/mol. The van der Waals surface area contributed by atoms with E-state index in [0.29, 0.717) is 21.9 Å². The Labute approximate surface area is 194 Å². The third-order valence-electron chi connectivity index (χ3n) is 4.95. The van der Waals surface area contributed by atoms with Crippen molar-refractivity contribution in [2.24, 2.45) is 0 Å². The van der Waals surface area contributed by atoms with Crippen LogP contribution in [0.5, 0.6) is 5.75 Å². The minimum Gasteiger partial charge on any atom is -0.488 e. The summed E-state index contributed by atoms with van der Waals surface area (Å²) in [6.45, 7) is 0.217. The second-order valence-corrected chi connectivity index (χ2v) is 7.70. The van der Waals surface area contributed by atoms with Crippen molar-refractivity contribution in [3.05, 3.63) is 110 Å². The number of nitro groups is 1. The van der Waals surface area contributed by atoms with Gasteiger partial charge in [0.25, 0.3) is 11.6 Å². The van der Waals surface area contributed by atoms with Crippen LogP contribution >= 0.6 is 11.6 Å². The Bertz CT molecular complexity index is 1260. The van der Waals surface area contributed by atoms with Crippen LogP contribution in [0.3, 0.4) is 0 Å². The Morgan fingerprint density at radius 1 is 1.00 bits per heavy atom. The smallest absolute Gasteiger partial charge is 0.329 e. The molecule has 3 amide bonds. The Hall–Kier alpha value is -4.17.